The van der Waals surface area contributed by atoms with Crippen molar-refractivity contribution in [3.8, 4) is 11.4 Å². The summed E-state index contributed by atoms with van der Waals surface area (Å²) in [5, 5.41) is 15.7. The van der Waals surface area contributed by atoms with Gasteiger partial charge < -0.3 is 15.0 Å². The summed E-state index contributed by atoms with van der Waals surface area (Å²) in [5.74, 6) is 0.683. The number of aromatic nitrogens is 4. The van der Waals surface area contributed by atoms with Crippen LogP contribution in [0.15, 0.2) is 36.4 Å². The number of alkyl carbamates (subject to hydrolysis) is 1. The molecule has 29 heavy (non-hydrogen) atoms. The fraction of sp³-hybridized carbons (Fsp3) is 0.400. The lowest BCUT2D eigenvalue weighted by Gasteiger charge is -2.22. The van der Waals surface area contributed by atoms with Crippen LogP contribution in [0.25, 0.3) is 17.0 Å². The number of anilines is 1. The average Bonchev–Trinajstić information content (AvgIpc) is 3.27. The number of carbonyl (C=O) groups is 1. The maximum absolute atomic E-state index is 14.2. The second-order valence-corrected chi connectivity index (χ2v) is 8.04. The second kappa shape index (κ2) is 7.31. The van der Waals surface area contributed by atoms with Gasteiger partial charge in [-0.25, -0.2) is 9.18 Å². The van der Waals surface area contributed by atoms with E-state index in [9.17, 15) is 9.18 Å². The summed E-state index contributed by atoms with van der Waals surface area (Å²) in [6, 6.07) is 10.0. The molecule has 1 aliphatic heterocycles. The fourth-order valence-electron chi connectivity index (χ4n) is 3.32. The summed E-state index contributed by atoms with van der Waals surface area (Å²) < 4.78 is 21.1. The van der Waals surface area contributed by atoms with Crippen LogP contribution in [0.4, 0.5) is 15.0 Å². The smallest absolute Gasteiger partial charge is 0.407 e. The summed E-state index contributed by atoms with van der Waals surface area (Å²) in [5.41, 5.74) is 0.345. The van der Waals surface area contributed by atoms with Crippen molar-refractivity contribution in [3.63, 3.8) is 0 Å². The molecule has 3 heterocycles. The number of amides is 1. The molecule has 0 bridgehead atoms. The van der Waals surface area contributed by atoms with Gasteiger partial charge >= 0.3 is 6.09 Å². The van der Waals surface area contributed by atoms with Crippen LogP contribution in [0.2, 0.25) is 0 Å². The summed E-state index contributed by atoms with van der Waals surface area (Å²) in [7, 11) is 0. The molecule has 0 spiro atoms. The number of fused-ring (bicyclic) bond motifs is 1. The Morgan fingerprint density at radius 2 is 2.00 bits per heavy atom. The Morgan fingerprint density at radius 1 is 1.21 bits per heavy atom. The van der Waals surface area contributed by atoms with E-state index in [1.54, 1.807) is 28.8 Å². The first kappa shape index (κ1) is 19.1. The Labute approximate surface area is 167 Å². The van der Waals surface area contributed by atoms with Crippen molar-refractivity contribution >= 4 is 17.6 Å². The second-order valence-electron chi connectivity index (χ2n) is 8.04. The van der Waals surface area contributed by atoms with Crippen molar-refractivity contribution in [1.82, 2.24) is 25.1 Å². The molecule has 9 heteroatoms. The predicted octanol–water partition coefficient (Wildman–Crippen LogP) is 3.03. The molecular formula is C20H23FN6O2. The van der Waals surface area contributed by atoms with Crippen LogP contribution in [0.3, 0.4) is 0 Å². The van der Waals surface area contributed by atoms with Crippen molar-refractivity contribution in [1.29, 1.82) is 0 Å². The Kier molecular flexibility index (Phi) is 4.81. The lowest BCUT2D eigenvalue weighted by Crippen LogP contribution is -2.40. The summed E-state index contributed by atoms with van der Waals surface area (Å²) in [4.78, 5) is 14.1. The highest BCUT2D eigenvalue weighted by Gasteiger charge is 2.27. The van der Waals surface area contributed by atoms with E-state index in [0.717, 1.165) is 13.0 Å². The van der Waals surface area contributed by atoms with Crippen molar-refractivity contribution in [2.75, 3.05) is 18.0 Å². The van der Waals surface area contributed by atoms with Crippen LogP contribution in [0.5, 0.6) is 0 Å². The minimum Gasteiger partial charge on any atom is -0.444 e. The quantitative estimate of drug-likeness (QED) is 0.730. The lowest BCUT2D eigenvalue weighted by molar-refractivity contribution is 0.0509. The Hall–Kier alpha value is -3.23. The van der Waals surface area contributed by atoms with Crippen LogP contribution >= 0.6 is 0 Å². The van der Waals surface area contributed by atoms with Gasteiger partial charge in [-0.2, -0.15) is 4.52 Å². The highest BCUT2D eigenvalue weighted by Crippen LogP contribution is 2.23. The molecule has 1 atom stereocenters. The van der Waals surface area contributed by atoms with Gasteiger partial charge in [0, 0.05) is 13.1 Å². The zero-order valence-electron chi connectivity index (χ0n) is 16.6. The van der Waals surface area contributed by atoms with Gasteiger partial charge in [0.15, 0.2) is 11.5 Å². The predicted molar refractivity (Wildman–Crippen MR) is 106 cm³/mol. The largest absolute Gasteiger partial charge is 0.444 e. The number of nitrogens with one attached hydrogen (secondary N) is 1. The van der Waals surface area contributed by atoms with Gasteiger partial charge in [-0.3, -0.25) is 0 Å². The van der Waals surface area contributed by atoms with Crippen molar-refractivity contribution in [3.05, 3.63) is 42.2 Å². The molecule has 1 amide bonds. The van der Waals surface area contributed by atoms with Crippen LogP contribution in [-0.4, -0.2) is 50.6 Å². The van der Waals surface area contributed by atoms with Gasteiger partial charge in [-0.05, 0) is 51.5 Å². The van der Waals surface area contributed by atoms with Crippen molar-refractivity contribution in [2.45, 2.75) is 38.8 Å². The highest BCUT2D eigenvalue weighted by atomic mass is 19.1. The first-order valence-corrected chi connectivity index (χ1v) is 9.52. The van der Waals surface area contributed by atoms with Crippen LogP contribution in [0.1, 0.15) is 27.2 Å². The monoisotopic (exact) mass is 398 g/mol. The minimum absolute atomic E-state index is 0.0331. The van der Waals surface area contributed by atoms with E-state index in [1.165, 1.54) is 6.07 Å². The Bertz CT molecular complexity index is 1040. The molecule has 152 valence electrons. The summed E-state index contributed by atoms with van der Waals surface area (Å²) in [6.07, 6.45) is 0.356. The normalized spacial score (nSPS) is 17.0. The maximum Gasteiger partial charge on any atom is 0.407 e. The number of nitrogens with zero attached hydrogens (tertiary/aromatic N) is 5. The van der Waals surface area contributed by atoms with Crippen LogP contribution in [-0.2, 0) is 4.74 Å². The molecule has 1 N–H and O–H groups in total. The molecule has 1 saturated heterocycles. The van der Waals surface area contributed by atoms with E-state index in [1.807, 2.05) is 26.8 Å². The molecule has 1 unspecified atom stereocenters. The van der Waals surface area contributed by atoms with E-state index < -0.39 is 11.7 Å². The van der Waals surface area contributed by atoms with Gasteiger partial charge in [0.1, 0.15) is 17.2 Å². The number of hydrogen-bond donors (Lipinski definition) is 1. The number of halogens is 1. The molecular weight excluding hydrogens is 375 g/mol. The molecule has 0 aliphatic carbocycles. The zero-order valence-corrected chi connectivity index (χ0v) is 16.6. The number of rotatable bonds is 3. The molecule has 0 radical (unpaired) electrons. The number of hydrogen-bond acceptors (Lipinski definition) is 6. The number of ether oxygens (including phenoxy) is 1. The first-order valence-electron chi connectivity index (χ1n) is 9.52. The van der Waals surface area contributed by atoms with Gasteiger partial charge in [0.25, 0.3) is 0 Å². The van der Waals surface area contributed by atoms with Gasteiger partial charge in [0.05, 0.1) is 11.6 Å². The molecule has 1 fully saturated rings. The van der Waals surface area contributed by atoms with Crippen LogP contribution < -0.4 is 10.2 Å². The van der Waals surface area contributed by atoms with Gasteiger partial charge in [-0.15, -0.1) is 15.3 Å². The Balaban J connectivity index is 1.53. The van der Waals surface area contributed by atoms with Crippen molar-refractivity contribution < 1.29 is 13.9 Å². The summed E-state index contributed by atoms with van der Waals surface area (Å²) >= 11 is 0. The third-order valence-electron chi connectivity index (χ3n) is 4.60. The standard InChI is InChI=1S/C20H23FN6O2/c1-20(2,3)29-19(28)22-13-10-11-26(12-13)17-9-8-16-23-24-18(27(16)25-17)14-6-4-5-7-15(14)21/h4-9,13H,10-12H2,1-3H3,(H,22,28). The molecule has 2 aromatic heterocycles. The summed E-state index contributed by atoms with van der Waals surface area (Å²) in [6.45, 7) is 6.84. The van der Waals surface area contributed by atoms with Gasteiger partial charge in [-0.1, -0.05) is 12.1 Å². The van der Waals surface area contributed by atoms with E-state index in [0.29, 0.717) is 29.4 Å². The molecule has 3 aromatic rings. The number of carbonyl (C=O) groups excluding carboxylic acids is 1. The molecule has 0 saturated carbocycles. The van der Waals surface area contributed by atoms with E-state index in [-0.39, 0.29) is 11.9 Å². The first-order chi connectivity index (χ1) is 13.8. The minimum atomic E-state index is -0.535. The lowest BCUT2D eigenvalue weighted by atomic mass is 10.2. The number of benzene rings is 1. The van der Waals surface area contributed by atoms with Crippen molar-refractivity contribution in [2.24, 2.45) is 0 Å². The van der Waals surface area contributed by atoms with Crippen LogP contribution in [0, 0.1) is 5.82 Å². The highest BCUT2D eigenvalue weighted by molar-refractivity contribution is 5.68. The molecule has 4 rings (SSSR count). The Morgan fingerprint density at radius 3 is 2.76 bits per heavy atom. The van der Waals surface area contributed by atoms with E-state index >= 15 is 0 Å². The van der Waals surface area contributed by atoms with Gasteiger partial charge in [0.2, 0.25) is 0 Å². The third-order valence-corrected chi connectivity index (χ3v) is 4.60. The fourth-order valence-corrected chi connectivity index (χ4v) is 3.32. The average molecular weight is 398 g/mol. The SMILES string of the molecule is CC(C)(C)OC(=O)NC1CCN(c2ccc3nnc(-c4ccccc4F)n3n2)C1. The molecule has 1 aromatic carbocycles. The topological polar surface area (TPSA) is 84.6 Å². The molecule has 1 aliphatic rings. The molecule has 8 nitrogen and oxygen atoms in total. The maximum atomic E-state index is 14.2. The third kappa shape index (κ3) is 4.13. The van der Waals surface area contributed by atoms with E-state index in [2.05, 4.69) is 25.5 Å². The van der Waals surface area contributed by atoms with E-state index in [4.69, 9.17) is 4.74 Å². The zero-order chi connectivity index (χ0) is 20.6.